The van der Waals surface area contributed by atoms with Crippen LogP contribution in [0.2, 0.25) is 0 Å². The molecule has 1 aromatic rings. The van der Waals surface area contributed by atoms with Gasteiger partial charge in [-0.15, -0.1) is 0 Å². The quantitative estimate of drug-likeness (QED) is 0.837. The van der Waals surface area contributed by atoms with E-state index in [9.17, 15) is 9.90 Å². The van der Waals surface area contributed by atoms with Gasteiger partial charge in [-0.3, -0.25) is 9.63 Å². The van der Waals surface area contributed by atoms with Crippen LogP contribution in [0.5, 0.6) is 5.75 Å². The average molecular weight is 288 g/mol. The monoisotopic (exact) mass is 287 g/mol. The van der Waals surface area contributed by atoms with Crippen molar-refractivity contribution in [1.29, 1.82) is 0 Å². The van der Waals surface area contributed by atoms with Gasteiger partial charge >= 0.3 is 0 Å². The van der Waals surface area contributed by atoms with Crippen molar-refractivity contribution in [1.82, 2.24) is 5.48 Å². The lowest BCUT2D eigenvalue weighted by molar-refractivity contribution is 0.0207. The van der Waals surface area contributed by atoms with Gasteiger partial charge in [-0.2, -0.15) is 0 Å². The molecule has 0 fully saturated rings. The van der Waals surface area contributed by atoms with Gasteiger partial charge in [-0.1, -0.05) is 29.8 Å². The predicted molar refractivity (Wildman–Crippen MR) is 64.1 cm³/mol. The summed E-state index contributed by atoms with van der Waals surface area (Å²) in [7, 11) is 0. The molecule has 0 saturated carbocycles. The Kier molecular flexibility index (Phi) is 4.76. The number of benzene rings is 1. The highest BCUT2D eigenvalue weighted by atomic mass is 79.9. The zero-order chi connectivity index (χ0) is 12.1. The molecule has 0 bridgehead atoms. The lowest BCUT2D eigenvalue weighted by atomic mass is 10.2. The highest BCUT2D eigenvalue weighted by Crippen LogP contribution is 2.21. The molecule has 0 spiro atoms. The minimum atomic E-state index is -0.459. The maximum absolute atomic E-state index is 11.6. The molecule has 2 N–H and O–H groups in total. The van der Waals surface area contributed by atoms with E-state index in [4.69, 9.17) is 4.84 Å². The van der Waals surface area contributed by atoms with Gasteiger partial charge in [0.15, 0.2) is 0 Å². The molecule has 1 rings (SSSR count). The zero-order valence-corrected chi connectivity index (χ0v) is 10.7. The van der Waals surface area contributed by atoms with Crippen molar-refractivity contribution in [3.8, 4) is 5.75 Å². The normalized spacial score (nSPS) is 10.5. The minimum Gasteiger partial charge on any atom is -0.507 e. The van der Waals surface area contributed by atoms with Crippen LogP contribution in [0.4, 0.5) is 0 Å². The molecule has 16 heavy (non-hydrogen) atoms. The van der Waals surface area contributed by atoms with E-state index >= 15 is 0 Å². The van der Waals surface area contributed by atoms with Crippen LogP contribution in [0, 0.1) is 5.92 Å². The summed E-state index contributed by atoms with van der Waals surface area (Å²) in [6, 6.07) is 4.63. The first-order chi connectivity index (χ1) is 7.50. The lowest BCUT2D eigenvalue weighted by Gasteiger charge is -2.08. The van der Waals surface area contributed by atoms with E-state index in [-0.39, 0.29) is 11.3 Å². The molecular weight excluding hydrogens is 274 g/mol. The lowest BCUT2D eigenvalue weighted by Crippen LogP contribution is -2.25. The fourth-order valence-corrected chi connectivity index (χ4v) is 1.38. The number of amides is 1. The number of hydrogen-bond acceptors (Lipinski definition) is 3. The summed E-state index contributed by atoms with van der Waals surface area (Å²) in [5, 5.41) is 9.48. The van der Waals surface area contributed by atoms with Gasteiger partial charge in [-0.25, -0.2) is 5.48 Å². The number of hydrogen-bond donors (Lipinski definition) is 2. The Hall–Kier alpha value is -1.07. The topological polar surface area (TPSA) is 58.6 Å². The van der Waals surface area contributed by atoms with Gasteiger partial charge in [0.1, 0.15) is 5.75 Å². The molecule has 0 unspecified atom stereocenters. The van der Waals surface area contributed by atoms with Crippen LogP contribution in [0.1, 0.15) is 24.2 Å². The minimum absolute atomic E-state index is 0.0751. The maximum atomic E-state index is 11.6. The highest BCUT2D eigenvalue weighted by Gasteiger charge is 2.11. The van der Waals surface area contributed by atoms with Gasteiger partial charge in [0.05, 0.1) is 12.2 Å². The number of nitrogens with one attached hydrogen (secondary N) is 1. The summed E-state index contributed by atoms with van der Waals surface area (Å²) < 4.78 is 0.722. The molecule has 0 aliphatic rings. The Labute approximate surface area is 103 Å². The standard InChI is InChI=1S/C11H14BrNO3/c1-7(2)6-16-13-11(15)9-5-8(12)3-4-10(9)14/h3-5,7,14H,6H2,1-2H3,(H,13,15). The molecule has 4 nitrogen and oxygen atoms in total. The fraction of sp³-hybridized carbons (Fsp3) is 0.364. The number of carbonyl (C=O) groups is 1. The average Bonchev–Trinajstić information content (AvgIpc) is 2.21. The van der Waals surface area contributed by atoms with Crippen LogP contribution in [0.3, 0.4) is 0 Å². The molecule has 1 amide bonds. The first-order valence-corrected chi connectivity index (χ1v) is 5.70. The SMILES string of the molecule is CC(C)CONC(=O)c1cc(Br)ccc1O. The van der Waals surface area contributed by atoms with Gasteiger partial charge in [0.25, 0.3) is 5.91 Å². The molecule has 0 aliphatic heterocycles. The second-order valence-corrected chi connectivity index (χ2v) is 4.71. The van der Waals surface area contributed by atoms with Crippen molar-refractivity contribution in [2.75, 3.05) is 6.61 Å². The Morgan fingerprint density at radius 3 is 2.88 bits per heavy atom. The summed E-state index contributed by atoms with van der Waals surface area (Å²) in [6.07, 6.45) is 0. The van der Waals surface area contributed by atoms with E-state index in [0.29, 0.717) is 12.5 Å². The second kappa shape index (κ2) is 5.86. The molecule has 0 radical (unpaired) electrons. The number of halogens is 1. The largest absolute Gasteiger partial charge is 0.507 e. The summed E-state index contributed by atoms with van der Waals surface area (Å²) in [5.41, 5.74) is 2.46. The third kappa shape index (κ3) is 3.83. The van der Waals surface area contributed by atoms with Crippen molar-refractivity contribution in [2.45, 2.75) is 13.8 Å². The molecular formula is C11H14BrNO3. The van der Waals surface area contributed by atoms with Crippen molar-refractivity contribution in [3.63, 3.8) is 0 Å². The Balaban J connectivity index is 2.62. The van der Waals surface area contributed by atoms with Crippen LogP contribution in [-0.2, 0) is 4.84 Å². The maximum Gasteiger partial charge on any atom is 0.278 e. The van der Waals surface area contributed by atoms with Crippen molar-refractivity contribution < 1.29 is 14.7 Å². The number of rotatable bonds is 4. The summed E-state index contributed by atoms with van der Waals surface area (Å²) >= 11 is 3.22. The first-order valence-electron chi connectivity index (χ1n) is 4.91. The number of carbonyl (C=O) groups excluding carboxylic acids is 1. The van der Waals surface area contributed by atoms with Gasteiger partial charge < -0.3 is 5.11 Å². The molecule has 5 heteroatoms. The van der Waals surface area contributed by atoms with E-state index < -0.39 is 5.91 Å². The molecule has 1 aromatic carbocycles. The third-order valence-electron chi connectivity index (χ3n) is 1.78. The van der Waals surface area contributed by atoms with Crippen molar-refractivity contribution >= 4 is 21.8 Å². The van der Waals surface area contributed by atoms with Gasteiger partial charge in [0.2, 0.25) is 0 Å². The predicted octanol–water partition coefficient (Wildman–Crippen LogP) is 2.47. The third-order valence-corrected chi connectivity index (χ3v) is 2.28. The Morgan fingerprint density at radius 1 is 1.56 bits per heavy atom. The van der Waals surface area contributed by atoms with Crippen molar-refractivity contribution in [2.24, 2.45) is 5.92 Å². The fourth-order valence-electron chi connectivity index (χ4n) is 1.02. The molecule has 0 atom stereocenters. The Morgan fingerprint density at radius 2 is 2.25 bits per heavy atom. The summed E-state index contributed by atoms with van der Waals surface area (Å²) in [5.74, 6) is -0.204. The number of phenolic OH excluding ortho intramolecular Hbond substituents is 1. The van der Waals surface area contributed by atoms with E-state index in [1.165, 1.54) is 12.1 Å². The van der Waals surface area contributed by atoms with E-state index in [1.54, 1.807) is 6.07 Å². The van der Waals surface area contributed by atoms with Crippen LogP contribution in [0.15, 0.2) is 22.7 Å². The van der Waals surface area contributed by atoms with E-state index in [1.807, 2.05) is 13.8 Å². The Bertz CT molecular complexity index is 379. The molecule has 0 aromatic heterocycles. The smallest absolute Gasteiger partial charge is 0.278 e. The van der Waals surface area contributed by atoms with E-state index in [2.05, 4.69) is 21.4 Å². The molecule has 0 saturated heterocycles. The number of hydroxylamine groups is 1. The number of phenols is 1. The first kappa shape index (κ1) is 13.0. The van der Waals surface area contributed by atoms with Crippen molar-refractivity contribution in [3.05, 3.63) is 28.2 Å². The van der Waals surface area contributed by atoms with E-state index in [0.717, 1.165) is 4.47 Å². The zero-order valence-electron chi connectivity index (χ0n) is 9.16. The van der Waals surface area contributed by atoms with Gasteiger partial charge in [-0.05, 0) is 24.1 Å². The van der Waals surface area contributed by atoms with Gasteiger partial charge in [0, 0.05) is 4.47 Å². The molecule has 0 heterocycles. The van der Waals surface area contributed by atoms with Crippen LogP contribution < -0.4 is 5.48 Å². The molecule has 88 valence electrons. The van der Waals surface area contributed by atoms with Crippen LogP contribution in [0.25, 0.3) is 0 Å². The van der Waals surface area contributed by atoms with Crippen LogP contribution >= 0.6 is 15.9 Å². The summed E-state index contributed by atoms with van der Waals surface area (Å²) in [4.78, 5) is 16.6. The second-order valence-electron chi connectivity index (χ2n) is 3.80. The summed E-state index contributed by atoms with van der Waals surface area (Å²) in [6.45, 7) is 4.38. The highest BCUT2D eigenvalue weighted by molar-refractivity contribution is 9.10. The van der Waals surface area contributed by atoms with Crippen LogP contribution in [-0.4, -0.2) is 17.6 Å². The number of aromatic hydroxyl groups is 1. The molecule has 0 aliphatic carbocycles.